The molecule has 1 atom stereocenters. The lowest BCUT2D eigenvalue weighted by atomic mass is 10.1. The van der Waals surface area contributed by atoms with Crippen LogP contribution in [0.4, 0.5) is 4.39 Å². The molecule has 1 aromatic carbocycles. The number of pyridine rings is 1. The molecule has 2 N–H and O–H groups in total. The van der Waals surface area contributed by atoms with Crippen molar-refractivity contribution >= 4 is 11.9 Å². The Morgan fingerprint density at radius 1 is 1.24 bits per heavy atom. The summed E-state index contributed by atoms with van der Waals surface area (Å²) < 4.78 is 13.0. The molecule has 1 amide bonds. The Bertz CT molecular complexity index is 646. The first-order valence-electron chi connectivity index (χ1n) is 6.24. The normalized spacial score (nSPS) is 11.7. The Morgan fingerprint density at radius 2 is 1.95 bits per heavy atom. The largest absolute Gasteiger partial charge is 0.480 e. The van der Waals surface area contributed by atoms with Gasteiger partial charge in [0.25, 0.3) is 5.91 Å². The van der Waals surface area contributed by atoms with Gasteiger partial charge in [0, 0.05) is 12.6 Å². The lowest BCUT2D eigenvalue weighted by Crippen LogP contribution is -2.42. The van der Waals surface area contributed by atoms with Gasteiger partial charge < -0.3 is 10.4 Å². The summed E-state index contributed by atoms with van der Waals surface area (Å²) in [5.41, 5.74) is 0.761. The number of nitrogens with zero attached hydrogens (tertiary/aromatic N) is 1. The third-order valence-electron chi connectivity index (χ3n) is 2.85. The van der Waals surface area contributed by atoms with Crippen molar-refractivity contribution in [3.05, 3.63) is 65.7 Å². The van der Waals surface area contributed by atoms with Crippen molar-refractivity contribution in [3.63, 3.8) is 0 Å². The van der Waals surface area contributed by atoms with Gasteiger partial charge in [-0.3, -0.25) is 9.78 Å². The Kier molecular flexibility index (Phi) is 4.61. The minimum atomic E-state index is -1.16. The number of carboxylic acids is 1. The number of hydrogen-bond acceptors (Lipinski definition) is 3. The lowest BCUT2D eigenvalue weighted by Gasteiger charge is -2.14. The van der Waals surface area contributed by atoms with Crippen LogP contribution in [0.15, 0.2) is 48.8 Å². The van der Waals surface area contributed by atoms with E-state index in [9.17, 15) is 19.1 Å². The van der Waals surface area contributed by atoms with Crippen molar-refractivity contribution in [2.45, 2.75) is 12.5 Å². The lowest BCUT2D eigenvalue weighted by molar-refractivity contribution is -0.139. The van der Waals surface area contributed by atoms with Crippen LogP contribution in [0.1, 0.15) is 15.9 Å². The van der Waals surface area contributed by atoms with Crippen molar-refractivity contribution in [1.29, 1.82) is 0 Å². The van der Waals surface area contributed by atoms with Crippen molar-refractivity contribution in [2.24, 2.45) is 0 Å². The minimum Gasteiger partial charge on any atom is -0.480 e. The zero-order valence-corrected chi connectivity index (χ0v) is 11.0. The van der Waals surface area contributed by atoms with E-state index >= 15 is 0 Å². The molecule has 2 aromatic rings. The summed E-state index contributed by atoms with van der Waals surface area (Å²) >= 11 is 0. The maximum absolute atomic E-state index is 13.0. The van der Waals surface area contributed by atoms with E-state index in [4.69, 9.17) is 0 Å². The van der Waals surface area contributed by atoms with Crippen LogP contribution in [0.3, 0.4) is 0 Å². The Balaban J connectivity index is 2.10. The summed E-state index contributed by atoms with van der Waals surface area (Å²) in [7, 11) is 0. The molecule has 0 radical (unpaired) electrons. The average molecular weight is 288 g/mol. The van der Waals surface area contributed by atoms with Crippen molar-refractivity contribution in [1.82, 2.24) is 10.3 Å². The fourth-order valence-electron chi connectivity index (χ4n) is 1.83. The smallest absolute Gasteiger partial charge is 0.326 e. The zero-order chi connectivity index (χ0) is 15.2. The molecule has 0 saturated heterocycles. The number of benzene rings is 1. The molecule has 0 aliphatic rings. The summed E-state index contributed by atoms with van der Waals surface area (Å²) in [4.78, 5) is 26.7. The fourth-order valence-corrected chi connectivity index (χ4v) is 1.83. The van der Waals surface area contributed by atoms with E-state index in [2.05, 4.69) is 10.3 Å². The molecule has 0 fully saturated rings. The number of amides is 1. The highest BCUT2D eigenvalue weighted by Gasteiger charge is 2.21. The topological polar surface area (TPSA) is 79.3 Å². The van der Waals surface area contributed by atoms with Crippen LogP contribution in [-0.2, 0) is 11.2 Å². The molecule has 0 bridgehead atoms. The number of aliphatic carboxylic acids is 1. The fraction of sp³-hybridized carbons (Fsp3) is 0.133. The van der Waals surface area contributed by atoms with Crippen LogP contribution >= 0.6 is 0 Å². The van der Waals surface area contributed by atoms with Gasteiger partial charge in [0.05, 0.1) is 11.8 Å². The van der Waals surface area contributed by atoms with Gasteiger partial charge in [-0.2, -0.15) is 0 Å². The average Bonchev–Trinajstić information content (AvgIpc) is 2.47. The van der Waals surface area contributed by atoms with Crippen LogP contribution in [0, 0.1) is 5.82 Å². The van der Waals surface area contributed by atoms with E-state index in [0.717, 1.165) is 17.8 Å². The van der Waals surface area contributed by atoms with Gasteiger partial charge in [0.15, 0.2) is 0 Å². The maximum Gasteiger partial charge on any atom is 0.326 e. The number of nitrogens with one attached hydrogen (secondary N) is 1. The first kappa shape index (κ1) is 14.6. The molecule has 0 saturated carbocycles. The molecule has 1 aromatic heterocycles. The van der Waals surface area contributed by atoms with Crippen LogP contribution in [-0.4, -0.2) is 28.0 Å². The van der Waals surface area contributed by atoms with E-state index in [1.165, 1.54) is 6.20 Å². The molecule has 0 aliphatic heterocycles. The predicted molar refractivity (Wildman–Crippen MR) is 73.2 cm³/mol. The highest BCUT2D eigenvalue weighted by molar-refractivity contribution is 5.96. The molecule has 5 nitrogen and oxygen atoms in total. The number of halogens is 1. The summed E-state index contributed by atoms with van der Waals surface area (Å²) in [6.07, 6.45) is 2.29. The number of rotatable bonds is 5. The van der Waals surface area contributed by atoms with Crippen LogP contribution in [0.5, 0.6) is 0 Å². The molecule has 2 rings (SSSR count). The van der Waals surface area contributed by atoms with Gasteiger partial charge in [-0.25, -0.2) is 9.18 Å². The zero-order valence-electron chi connectivity index (χ0n) is 11.0. The van der Waals surface area contributed by atoms with Crippen molar-refractivity contribution in [2.75, 3.05) is 0 Å². The number of carbonyl (C=O) groups excluding carboxylic acids is 1. The standard InChI is InChI=1S/C15H13FN2O3/c16-12-7-11(8-17-9-12)14(19)18-13(15(20)21)6-10-4-2-1-3-5-10/h1-5,7-9,13H,6H2,(H,18,19)(H,20,21)/t13-/m1/s1. The second kappa shape index (κ2) is 6.60. The van der Waals surface area contributed by atoms with Crippen LogP contribution in [0.2, 0.25) is 0 Å². The van der Waals surface area contributed by atoms with Gasteiger partial charge in [0.1, 0.15) is 11.9 Å². The number of carboxylic acid groups (broad SMARTS) is 1. The monoisotopic (exact) mass is 288 g/mol. The summed E-state index contributed by atoms with van der Waals surface area (Å²) in [5.74, 6) is -2.49. The molecule has 21 heavy (non-hydrogen) atoms. The van der Waals surface area contributed by atoms with Gasteiger partial charge in [-0.15, -0.1) is 0 Å². The number of carbonyl (C=O) groups is 2. The molecule has 1 heterocycles. The van der Waals surface area contributed by atoms with Crippen molar-refractivity contribution < 1.29 is 19.1 Å². The molecule has 0 spiro atoms. The van der Waals surface area contributed by atoms with Crippen molar-refractivity contribution in [3.8, 4) is 0 Å². The first-order chi connectivity index (χ1) is 10.1. The second-order valence-electron chi connectivity index (χ2n) is 4.45. The SMILES string of the molecule is O=C(N[C@H](Cc1ccccc1)C(=O)O)c1cncc(F)c1. The summed E-state index contributed by atoms with van der Waals surface area (Å²) in [5, 5.41) is 11.5. The molecule has 0 unspecified atom stereocenters. The minimum absolute atomic E-state index is 0.0192. The van der Waals surface area contributed by atoms with E-state index < -0.39 is 23.7 Å². The predicted octanol–water partition coefficient (Wildman–Crippen LogP) is 1.65. The van der Waals surface area contributed by atoms with Gasteiger partial charge >= 0.3 is 5.97 Å². The maximum atomic E-state index is 13.0. The third-order valence-corrected chi connectivity index (χ3v) is 2.85. The molecule has 6 heteroatoms. The van der Waals surface area contributed by atoms with Gasteiger partial charge in [-0.05, 0) is 11.6 Å². The van der Waals surface area contributed by atoms with Gasteiger partial charge in [0.2, 0.25) is 0 Å². The third kappa shape index (κ3) is 4.10. The van der Waals surface area contributed by atoms with Crippen LogP contribution < -0.4 is 5.32 Å². The summed E-state index contributed by atoms with van der Waals surface area (Å²) in [6, 6.07) is 8.83. The van der Waals surface area contributed by atoms with E-state index in [0.29, 0.717) is 0 Å². The number of aromatic nitrogens is 1. The molecular weight excluding hydrogens is 275 g/mol. The number of hydrogen-bond donors (Lipinski definition) is 2. The van der Waals surface area contributed by atoms with E-state index in [1.54, 1.807) is 24.3 Å². The van der Waals surface area contributed by atoms with Crippen LogP contribution in [0.25, 0.3) is 0 Å². The van der Waals surface area contributed by atoms with E-state index in [-0.39, 0.29) is 12.0 Å². The Morgan fingerprint density at radius 3 is 2.57 bits per heavy atom. The first-order valence-corrected chi connectivity index (χ1v) is 6.24. The van der Waals surface area contributed by atoms with E-state index in [1.807, 2.05) is 6.07 Å². The molecular formula is C15H13FN2O3. The quantitative estimate of drug-likeness (QED) is 0.876. The van der Waals surface area contributed by atoms with Gasteiger partial charge in [-0.1, -0.05) is 30.3 Å². The Labute approximate surface area is 120 Å². The summed E-state index contributed by atoms with van der Waals surface area (Å²) in [6.45, 7) is 0. The highest BCUT2D eigenvalue weighted by atomic mass is 19.1. The second-order valence-corrected chi connectivity index (χ2v) is 4.45. The molecule has 0 aliphatic carbocycles. The molecule has 108 valence electrons. The highest BCUT2D eigenvalue weighted by Crippen LogP contribution is 2.06. The Hall–Kier alpha value is -2.76.